The molecule has 0 saturated carbocycles. The van der Waals surface area contributed by atoms with Gasteiger partial charge in [-0.1, -0.05) is 30.3 Å². The first-order chi connectivity index (χ1) is 12.6. The van der Waals surface area contributed by atoms with Gasteiger partial charge in [0.05, 0.1) is 6.20 Å². The predicted molar refractivity (Wildman–Crippen MR) is 97.5 cm³/mol. The highest BCUT2D eigenvalue weighted by atomic mass is 16.5. The van der Waals surface area contributed by atoms with Gasteiger partial charge in [-0.15, -0.1) is 0 Å². The lowest BCUT2D eigenvalue weighted by atomic mass is 10.0. The van der Waals surface area contributed by atoms with Crippen LogP contribution in [0.25, 0.3) is 5.65 Å². The number of hydrogen-bond donors (Lipinski definition) is 2. The van der Waals surface area contributed by atoms with Crippen molar-refractivity contribution >= 4 is 11.6 Å². The predicted octanol–water partition coefficient (Wildman–Crippen LogP) is 2.10. The number of ether oxygens (including phenoxy) is 1. The van der Waals surface area contributed by atoms with Crippen molar-refractivity contribution in [1.29, 1.82) is 0 Å². The minimum absolute atomic E-state index is 0.00906. The highest BCUT2D eigenvalue weighted by molar-refractivity contribution is 5.99. The SMILES string of the molecule is COCCCNC(=O)c1cnn2c(O)c(Cc3ccccc3)c(C)nc12. The summed E-state index contributed by atoms with van der Waals surface area (Å²) in [5, 5.41) is 17.6. The zero-order valence-electron chi connectivity index (χ0n) is 14.9. The molecule has 2 aromatic heterocycles. The van der Waals surface area contributed by atoms with Crippen LogP contribution in [-0.2, 0) is 11.2 Å². The summed E-state index contributed by atoms with van der Waals surface area (Å²) < 4.78 is 6.28. The summed E-state index contributed by atoms with van der Waals surface area (Å²) in [6.07, 6.45) is 2.69. The third kappa shape index (κ3) is 3.67. The number of nitrogens with one attached hydrogen (secondary N) is 1. The molecule has 136 valence electrons. The van der Waals surface area contributed by atoms with Gasteiger partial charge in [0, 0.05) is 37.9 Å². The van der Waals surface area contributed by atoms with Gasteiger partial charge in [0.2, 0.25) is 5.88 Å². The quantitative estimate of drug-likeness (QED) is 0.634. The average molecular weight is 354 g/mol. The van der Waals surface area contributed by atoms with E-state index >= 15 is 0 Å². The molecule has 2 N–H and O–H groups in total. The molecule has 0 aliphatic heterocycles. The maximum Gasteiger partial charge on any atom is 0.256 e. The summed E-state index contributed by atoms with van der Waals surface area (Å²) in [6.45, 7) is 2.91. The molecule has 0 bridgehead atoms. The van der Waals surface area contributed by atoms with E-state index in [0.29, 0.717) is 42.0 Å². The molecule has 3 aromatic rings. The minimum atomic E-state index is -0.266. The van der Waals surface area contributed by atoms with Crippen LogP contribution in [0.15, 0.2) is 36.5 Å². The van der Waals surface area contributed by atoms with Crippen molar-refractivity contribution in [1.82, 2.24) is 19.9 Å². The third-order valence-electron chi connectivity index (χ3n) is 4.20. The van der Waals surface area contributed by atoms with Crippen LogP contribution in [0.1, 0.15) is 33.6 Å². The van der Waals surface area contributed by atoms with E-state index < -0.39 is 0 Å². The summed E-state index contributed by atoms with van der Waals surface area (Å²) in [5.74, 6) is -0.256. The van der Waals surface area contributed by atoms with Crippen LogP contribution in [0.4, 0.5) is 0 Å². The van der Waals surface area contributed by atoms with Crippen molar-refractivity contribution in [3.05, 3.63) is 58.9 Å². The topological polar surface area (TPSA) is 88.8 Å². The Hall–Kier alpha value is -2.93. The number of amides is 1. The first-order valence-electron chi connectivity index (χ1n) is 8.49. The van der Waals surface area contributed by atoms with Crippen molar-refractivity contribution in [3.63, 3.8) is 0 Å². The molecule has 0 saturated heterocycles. The van der Waals surface area contributed by atoms with Crippen molar-refractivity contribution in [2.45, 2.75) is 19.8 Å². The van der Waals surface area contributed by atoms with Gasteiger partial charge >= 0.3 is 0 Å². The Kier molecular flexibility index (Phi) is 5.48. The molecule has 0 atom stereocenters. The highest BCUT2D eigenvalue weighted by Crippen LogP contribution is 2.25. The number of carbonyl (C=O) groups excluding carboxylic acids is 1. The smallest absolute Gasteiger partial charge is 0.256 e. The number of fused-ring (bicyclic) bond motifs is 1. The summed E-state index contributed by atoms with van der Waals surface area (Å²) in [4.78, 5) is 16.9. The molecule has 7 heteroatoms. The number of benzene rings is 1. The van der Waals surface area contributed by atoms with Gasteiger partial charge in [0.25, 0.3) is 5.91 Å². The Balaban J connectivity index is 1.88. The van der Waals surface area contributed by atoms with Crippen molar-refractivity contribution in [3.8, 4) is 5.88 Å². The minimum Gasteiger partial charge on any atom is -0.493 e. The normalized spacial score (nSPS) is 11.0. The number of carbonyl (C=O) groups is 1. The summed E-state index contributed by atoms with van der Waals surface area (Å²) in [6, 6.07) is 9.83. The molecule has 1 amide bonds. The number of nitrogens with zero attached hydrogens (tertiary/aromatic N) is 3. The zero-order chi connectivity index (χ0) is 18.5. The van der Waals surface area contributed by atoms with E-state index in [1.807, 2.05) is 37.3 Å². The van der Waals surface area contributed by atoms with E-state index in [1.54, 1.807) is 7.11 Å². The Morgan fingerprint density at radius 1 is 1.31 bits per heavy atom. The second-order valence-corrected chi connectivity index (χ2v) is 6.06. The molecule has 0 aliphatic rings. The first kappa shape index (κ1) is 17.9. The lowest BCUT2D eigenvalue weighted by Crippen LogP contribution is -2.25. The summed E-state index contributed by atoms with van der Waals surface area (Å²) >= 11 is 0. The molecule has 1 aromatic carbocycles. The van der Waals surface area contributed by atoms with Crippen molar-refractivity contribution < 1.29 is 14.6 Å². The molecular weight excluding hydrogens is 332 g/mol. The second kappa shape index (κ2) is 7.97. The Labute approximate surface area is 151 Å². The van der Waals surface area contributed by atoms with Crippen LogP contribution in [0.3, 0.4) is 0 Å². The maximum atomic E-state index is 12.4. The second-order valence-electron chi connectivity index (χ2n) is 6.06. The van der Waals surface area contributed by atoms with E-state index in [1.165, 1.54) is 10.7 Å². The Morgan fingerprint density at radius 3 is 2.81 bits per heavy atom. The van der Waals surface area contributed by atoms with Gasteiger partial charge in [-0.25, -0.2) is 4.98 Å². The van der Waals surface area contributed by atoms with Crippen LogP contribution < -0.4 is 5.32 Å². The molecule has 7 nitrogen and oxygen atoms in total. The summed E-state index contributed by atoms with van der Waals surface area (Å²) in [5.41, 5.74) is 3.12. The van der Waals surface area contributed by atoms with Crippen LogP contribution >= 0.6 is 0 Å². The van der Waals surface area contributed by atoms with Crippen LogP contribution in [-0.4, -0.2) is 45.9 Å². The molecule has 2 heterocycles. The Bertz CT molecular complexity index is 906. The number of hydrogen-bond acceptors (Lipinski definition) is 5. The lowest BCUT2D eigenvalue weighted by molar-refractivity contribution is 0.0950. The largest absolute Gasteiger partial charge is 0.493 e. The van der Waals surface area contributed by atoms with E-state index in [2.05, 4.69) is 15.4 Å². The van der Waals surface area contributed by atoms with Gasteiger partial charge in [0.15, 0.2) is 5.65 Å². The first-order valence-corrected chi connectivity index (χ1v) is 8.49. The van der Waals surface area contributed by atoms with Gasteiger partial charge in [-0.2, -0.15) is 9.61 Å². The highest BCUT2D eigenvalue weighted by Gasteiger charge is 2.19. The standard InChI is InChI=1S/C19H22N4O3/c1-13-15(11-14-7-4-3-5-8-14)19(25)23-17(22-13)16(12-21-23)18(24)20-9-6-10-26-2/h3-5,7-8,12,25H,6,9-11H2,1-2H3,(H,20,24). The number of methoxy groups -OCH3 is 1. The fourth-order valence-electron chi connectivity index (χ4n) is 2.80. The summed E-state index contributed by atoms with van der Waals surface area (Å²) in [7, 11) is 1.62. The van der Waals surface area contributed by atoms with Crippen LogP contribution in [0.2, 0.25) is 0 Å². The van der Waals surface area contributed by atoms with E-state index in [0.717, 1.165) is 12.0 Å². The van der Waals surface area contributed by atoms with Gasteiger partial charge in [-0.3, -0.25) is 4.79 Å². The third-order valence-corrected chi connectivity index (χ3v) is 4.20. The number of aryl methyl sites for hydroxylation is 1. The fourth-order valence-corrected chi connectivity index (χ4v) is 2.80. The lowest BCUT2D eigenvalue weighted by Gasteiger charge is -2.10. The van der Waals surface area contributed by atoms with Gasteiger partial charge in [-0.05, 0) is 18.9 Å². The monoisotopic (exact) mass is 354 g/mol. The van der Waals surface area contributed by atoms with E-state index in [9.17, 15) is 9.90 Å². The van der Waals surface area contributed by atoms with Gasteiger partial charge in [0.1, 0.15) is 5.56 Å². The van der Waals surface area contributed by atoms with Crippen molar-refractivity contribution in [2.75, 3.05) is 20.3 Å². The number of aromatic nitrogens is 3. The molecule has 0 radical (unpaired) electrons. The maximum absolute atomic E-state index is 12.4. The molecule has 3 rings (SSSR count). The number of aromatic hydroxyl groups is 1. The van der Waals surface area contributed by atoms with Crippen LogP contribution in [0.5, 0.6) is 5.88 Å². The van der Waals surface area contributed by atoms with Crippen LogP contribution in [0, 0.1) is 6.92 Å². The Morgan fingerprint density at radius 2 is 2.08 bits per heavy atom. The van der Waals surface area contributed by atoms with Crippen molar-refractivity contribution in [2.24, 2.45) is 0 Å². The average Bonchev–Trinajstić information content (AvgIpc) is 3.07. The van der Waals surface area contributed by atoms with E-state index in [-0.39, 0.29) is 11.8 Å². The number of rotatable bonds is 7. The van der Waals surface area contributed by atoms with E-state index in [4.69, 9.17) is 4.74 Å². The molecule has 0 fully saturated rings. The molecular formula is C19H22N4O3. The zero-order valence-corrected chi connectivity index (χ0v) is 14.9. The van der Waals surface area contributed by atoms with Gasteiger partial charge < -0.3 is 15.2 Å². The molecule has 0 spiro atoms. The molecule has 0 unspecified atom stereocenters. The fraction of sp³-hybridized carbons (Fsp3) is 0.316. The molecule has 26 heavy (non-hydrogen) atoms. The molecule has 0 aliphatic carbocycles.